The largest absolute Gasteiger partial charge is 0.461 e. The average molecular weight is 423 g/mol. The first-order chi connectivity index (χ1) is 10.2. The Morgan fingerprint density at radius 2 is 2.00 bits per heavy atom. The molecule has 8 heteroatoms. The lowest BCUT2D eigenvalue weighted by atomic mass is 10.2. The van der Waals surface area contributed by atoms with E-state index in [2.05, 4.69) is 32.8 Å². The molecule has 1 N–H and O–H groups in total. The minimum absolute atomic E-state index is 0.212. The number of nitrogens with zero attached hydrogens (tertiary/aromatic N) is 2. The molecule has 0 aliphatic carbocycles. The highest BCUT2D eigenvalue weighted by Gasteiger charge is 2.25. The predicted octanol–water partition coefficient (Wildman–Crippen LogP) is 2.89. The number of carbonyl (C=O) groups excluding carboxylic acids is 2. The number of H-pyrrole nitrogens is 1. The summed E-state index contributed by atoms with van der Waals surface area (Å²) in [7, 11) is 1.62. The van der Waals surface area contributed by atoms with E-state index < -0.39 is 17.7 Å². The molecular formula is C14H22IN3O4. The molecule has 0 saturated heterocycles. The number of ether oxygens (including phenoxy) is 2. The van der Waals surface area contributed by atoms with Gasteiger partial charge in [-0.2, -0.15) is 5.10 Å². The molecule has 7 nitrogen and oxygen atoms in total. The number of hydrogen-bond donors (Lipinski definition) is 1. The summed E-state index contributed by atoms with van der Waals surface area (Å²) < 4.78 is 10.9. The van der Waals surface area contributed by atoms with Gasteiger partial charge in [-0.05, 0) is 27.7 Å². The first-order valence-corrected chi connectivity index (χ1v) is 8.45. The summed E-state index contributed by atoms with van der Waals surface area (Å²) >= 11 is 2.17. The smallest absolute Gasteiger partial charge is 0.410 e. The summed E-state index contributed by atoms with van der Waals surface area (Å²) in [6.07, 6.45) is -0.456. The number of aromatic nitrogens is 2. The molecule has 1 amide bonds. The van der Waals surface area contributed by atoms with Gasteiger partial charge < -0.3 is 14.4 Å². The number of hydrogen-bond acceptors (Lipinski definition) is 5. The normalized spacial score (nSPS) is 11.2. The number of alkyl halides is 1. The lowest BCUT2D eigenvalue weighted by Crippen LogP contribution is -2.34. The van der Waals surface area contributed by atoms with E-state index in [1.54, 1.807) is 34.7 Å². The van der Waals surface area contributed by atoms with Crippen LogP contribution in [0.3, 0.4) is 0 Å². The third kappa shape index (κ3) is 5.15. The van der Waals surface area contributed by atoms with Gasteiger partial charge in [0.15, 0.2) is 5.69 Å². The van der Waals surface area contributed by atoms with Gasteiger partial charge in [0, 0.05) is 17.0 Å². The predicted molar refractivity (Wildman–Crippen MR) is 90.0 cm³/mol. The van der Waals surface area contributed by atoms with Gasteiger partial charge in [-0.1, -0.05) is 22.6 Å². The van der Waals surface area contributed by atoms with E-state index in [9.17, 15) is 9.59 Å². The summed E-state index contributed by atoms with van der Waals surface area (Å²) in [4.78, 5) is 25.4. The SMILES string of the molecule is CCOC(=O)c1n[nH]c(CI)c1CN(C)C(=O)OC(C)(C)C. The molecule has 1 aromatic rings. The summed E-state index contributed by atoms with van der Waals surface area (Å²) in [5.74, 6) is -0.498. The van der Waals surface area contributed by atoms with Gasteiger partial charge in [-0.15, -0.1) is 0 Å². The van der Waals surface area contributed by atoms with Crippen LogP contribution < -0.4 is 0 Å². The van der Waals surface area contributed by atoms with Crippen LogP contribution >= 0.6 is 22.6 Å². The van der Waals surface area contributed by atoms with Crippen LogP contribution in [0.1, 0.15) is 49.4 Å². The number of carbonyl (C=O) groups is 2. The fourth-order valence-corrected chi connectivity index (χ4v) is 2.32. The van der Waals surface area contributed by atoms with Crippen LogP contribution in [0.5, 0.6) is 0 Å². The van der Waals surface area contributed by atoms with E-state index in [1.807, 2.05) is 0 Å². The van der Waals surface area contributed by atoms with Crippen molar-refractivity contribution in [3.05, 3.63) is 17.0 Å². The fraction of sp³-hybridized carbons (Fsp3) is 0.643. The van der Waals surface area contributed by atoms with Crippen molar-refractivity contribution in [3.63, 3.8) is 0 Å². The van der Waals surface area contributed by atoms with E-state index in [0.717, 1.165) is 5.69 Å². The zero-order chi connectivity index (χ0) is 16.9. The molecule has 1 aromatic heterocycles. The highest BCUT2D eigenvalue weighted by Crippen LogP contribution is 2.19. The molecule has 1 heterocycles. The maximum absolute atomic E-state index is 12.0. The van der Waals surface area contributed by atoms with Crippen LogP contribution in [0.2, 0.25) is 0 Å². The molecule has 0 spiro atoms. The standard InChI is InChI=1S/C14H22IN3O4/c1-6-21-12(19)11-9(10(7-15)16-17-11)8-18(5)13(20)22-14(2,3)4/h6-8H2,1-5H3,(H,16,17). The van der Waals surface area contributed by atoms with Crippen LogP contribution in [-0.4, -0.2) is 46.4 Å². The van der Waals surface area contributed by atoms with Crippen molar-refractivity contribution in [2.75, 3.05) is 13.7 Å². The van der Waals surface area contributed by atoms with E-state index in [0.29, 0.717) is 9.99 Å². The summed E-state index contributed by atoms with van der Waals surface area (Å²) in [6, 6.07) is 0. The summed E-state index contributed by atoms with van der Waals surface area (Å²) in [5, 5.41) is 6.83. The van der Waals surface area contributed by atoms with Gasteiger partial charge in [-0.3, -0.25) is 5.10 Å². The second-order valence-electron chi connectivity index (χ2n) is 5.72. The molecule has 0 fully saturated rings. The van der Waals surface area contributed by atoms with E-state index in [-0.39, 0.29) is 18.8 Å². The highest BCUT2D eigenvalue weighted by atomic mass is 127. The minimum Gasteiger partial charge on any atom is -0.461 e. The van der Waals surface area contributed by atoms with Crippen molar-refractivity contribution in [1.29, 1.82) is 0 Å². The number of rotatable bonds is 5. The van der Waals surface area contributed by atoms with E-state index >= 15 is 0 Å². The zero-order valence-corrected chi connectivity index (χ0v) is 15.7. The molecule has 0 radical (unpaired) electrons. The molecular weight excluding hydrogens is 401 g/mol. The van der Waals surface area contributed by atoms with Crippen molar-refractivity contribution in [2.45, 2.75) is 44.3 Å². The molecule has 1 rings (SSSR count). The quantitative estimate of drug-likeness (QED) is 0.447. The van der Waals surface area contributed by atoms with Gasteiger partial charge in [0.05, 0.1) is 18.8 Å². The van der Waals surface area contributed by atoms with Crippen molar-refractivity contribution < 1.29 is 19.1 Å². The number of nitrogens with one attached hydrogen (secondary N) is 1. The van der Waals surface area contributed by atoms with Gasteiger partial charge >= 0.3 is 12.1 Å². The van der Waals surface area contributed by atoms with Gasteiger partial charge in [0.2, 0.25) is 0 Å². The maximum atomic E-state index is 12.0. The van der Waals surface area contributed by atoms with Crippen molar-refractivity contribution in [3.8, 4) is 0 Å². The first kappa shape index (κ1) is 18.7. The van der Waals surface area contributed by atoms with E-state index in [1.165, 1.54) is 4.90 Å². The maximum Gasteiger partial charge on any atom is 0.410 e. The molecule has 0 saturated carbocycles. The fourth-order valence-electron chi connectivity index (χ4n) is 1.69. The second kappa shape index (κ2) is 7.80. The number of amides is 1. The Kier molecular flexibility index (Phi) is 6.64. The Hall–Kier alpha value is -1.32. The van der Waals surface area contributed by atoms with Crippen molar-refractivity contribution in [2.24, 2.45) is 0 Å². The highest BCUT2D eigenvalue weighted by molar-refractivity contribution is 14.1. The Labute approximate surface area is 143 Å². The third-order valence-electron chi connectivity index (χ3n) is 2.66. The number of halogens is 1. The topological polar surface area (TPSA) is 84.5 Å². The van der Waals surface area contributed by atoms with Gasteiger partial charge in [-0.25, -0.2) is 9.59 Å². The van der Waals surface area contributed by atoms with Crippen LogP contribution in [0.25, 0.3) is 0 Å². The molecule has 0 aliphatic heterocycles. The Balaban J connectivity index is 2.93. The van der Waals surface area contributed by atoms with Crippen molar-refractivity contribution >= 4 is 34.7 Å². The van der Waals surface area contributed by atoms with Crippen LogP contribution in [0.4, 0.5) is 4.79 Å². The Morgan fingerprint density at radius 3 is 2.50 bits per heavy atom. The van der Waals surface area contributed by atoms with Crippen LogP contribution in [0, 0.1) is 0 Å². The zero-order valence-electron chi connectivity index (χ0n) is 13.5. The van der Waals surface area contributed by atoms with E-state index in [4.69, 9.17) is 9.47 Å². The summed E-state index contributed by atoms with van der Waals surface area (Å²) in [5.41, 5.74) is 1.09. The lowest BCUT2D eigenvalue weighted by molar-refractivity contribution is 0.0281. The van der Waals surface area contributed by atoms with Gasteiger partial charge in [0.25, 0.3) is 0 Å². The minimum atomic E-state index is -0.572. The lowest BCUT2D eigenvalue weighted by Gasteiger charge is -2.24. The Morgan fingerprint density at radius 1 is 1.36 bits per heavy atom. The summed E-state index contributed by atoms with van der Waals surface area (Å²) in [6.45, 7) is 7.63. The molecule has 0 bridgehead atoms. The number of aromatic amines is 1. The molecule has 0 aliphatic rings. The molecule has 22 heavy (non-hydrogen) atoms. The van der Waals surface area contributed by atoms with Crippen LogP contribution in [0.15, 0.2) is 0 Å². The van der Waals surface area contributed by atoms with Crippen LogP contribution in [-0.2, 0) is 20.4 Å². The number of esters is 1. The third-order valence-corrected chi connectivity index (χ3v) is 3.42. The Bertz CT molecular complexity index is 537. The molecule has 0 aromatic carbocycles. The molecule has 0 atom stereocenters. The molecule has 0 unspecified atom stereocenters. The monoisotopic (exact) mass is 423 g/mol. The van der Waals surface area contributed by atoms with Crippen molar-refractivity contribution in [1.82, 2.24) is 15.1 Å². The average Bonchev–Trinajstić information content (AvgIpc) is 2.79. The van der Waals surface area contributed by atoms with Gasteiger partial charge in [0.1, 0.15) is 5.60 Å². The second-order valence-corrected chi connectivity index (χ2v) is 6.48. The first-order valence-electron chi connectivity index (χ1n) is 6.93. The molecule has 124 valence electrons.